The Balaban J connectivity index is 0.953. The molecule has 0 unspecified atom stereocenters. The van der Waals surface area contributed by atoms with E-state index >= 15 is 0 Å². The van der Waals surface area contributed by atoms with Crippen LogP contribution in [0.3, 0.4) is 0 Å². The number of para-hydroxylation sites is 5. The van der Waals surface area contributed by atoms with Crippen LogP contribution >= 0.6 is 0 Å². The van der Waals surface area contributed by atoms with Crippen LogP contribution in [0.25, 0.3) is 111 Å². The van der Waals surface area contributed by atoms with Crippen molar-refractivity contribution in [2.75, 3.05) is 14.7 Å². The average molecular weight is 1410 g/mol. The first kappa shape index (κ1) is 66.1. The fourth-order valence-corrected chi connectivity index (χ4v) is 17.7. The van der Waals surface area contributed by atoms with E-state index in [1.54, 1.807) is 0 Å². The number of anilines is 9. The minimum absolute atomic E-state index is 0.210. The van der Waals surface area contributed by atoms with Crippen LogP contribution in [0.4, 0.5) is 51.2 Å². The van der Waals surface area contributed by atoms with Crippen LogP contribution in [0.5, 0.6) is 0 Å². The molecule has 0 aliphatic carbocycles. The fourth-order valence-electron chi connectivity index (χ4n) is 17.7. The smallest absolute Gasteiger partial charge is 0.252 e. The van der Waals surface area contributed by atoms with Gasteiger partial charge in [-0.05, 0) is 187 Å². The molecule has 20 rings (SSSR count). The molecule has 5 nitrogen and oxygen atoms in total. The number of aromatic nitrogens is 2. The third kappa shape index (κ3) is 11.0. The summed E-state index contributed by atoms with van der Waals surface area (Å²) in [4.78, 5) is 7.89. The molecular weight excluding hydrogens is 1330 g/mol. The van der Waals surface area contributed by atoms with Gasteiger partial charge in [0.15, 0.2) is 0 Å². The molecular formula is C104H80BN5. The predicted molar refractivity (Wildman–Crippen MR) is 468 cm³/mol. The molecule has 16 aromatic carbocycles. The lowest BCUT2D eigenvalue weighted by Gasteiger charge is -2.46. The molecule has 2 aromatic heterocycles. The van der Waals surface area contributed by atoms with Crippen LogP contribution in [0.15, 0.2) is 376 Å². The summed E-state index contributed by atoms with van der Waals surface area (Å²) in [7, 11) is 0. The van der Waals surface area contributed by atoms with Crippen molar-refractivity contribution in [2.45, 2.75) is 52.4 Å². The van der Waals surface area contributed by atoms with E-state index in [1.807, 2.05) is 0 Å². The summed E-state index contributed by atoms with van der Waals surface area (Å²) in [5, 5.41) is 4.87. The Morgan fingerprint density at radius 3 is 0.955 bits per heavy atom. The van der Waals surface area contributed by atoms with Gasteiger partial charge in [-0.15, -0.1) is 0 Å². The van der Waals surface area contributed by atoms with Gasteiger partial charge >= 0.3 is 0 Å². The molecule has 4 heterocycles. The largest absolute Gasteiger partial charge is 0.310 e. The zero-order chi connectivity index (χ0) is 73.9. The normalized spacial score (nSPS) is 12.6. The van der Waals surface area contributed by atoms with Crippen LogP contribution in [0, 0.1) is 0 Å². The molecule has 0 atom stereocenters. The third-order valence-corrected chi connectivity index (χ3v) is 22.9. The lowest BCUT2D eigenvalue weighted by Crippen LogP contribution is -2.61. The van der Waals surface area contributed by atoms with Gasteiger partial charge in [-0.25, -0.2) is 0 Å². The highest BCUT2D eigenvalue weighted by Gasteiger charge is 2.46. The van der Waals surface area contributed by atoms with Crippen molar-refractivity contribution in [2.24, 2.45) is 0 Å². The second kappa shape index (κ2) is 26.2. The van der Waals surface area contributed by atoms with Crippen molar-refractivity contribution in [3.05, 3.63) is 387 Å². The van der Waals surface area contributed by atoms with Crippen LogP contribution < -0.4 is 31.1 Å². The minimum Gasteiger partial charge on any atom is -0.310 e. The SMILES string of the molecule is CC(C)(C)c1cc(-c2ccccc2)c(N2c3cc(-c4ccccc4)ccc3B3c4ccc(N(c5ccccc5)c5ccc(-n6c7ccccc7c7ccccc76)cc5)cc4N(c4c(-c5ccccc5)cc(C(C)(C)C)cc4-c4ccccc4)c4cc(-n5c6ccccc6c6ccccc65)cc2c43)c(-c2ccccc2)c1. The van der Waals surface area contributed by atoms with Crippen LogP contribution in [0.1, 0.15) is 52.7 Å². The average Bonchev–Trinajstić information content (AvgIpc) is 0.756. The van der Waals surface area contributed by atoms with E-state index in [-0.39, 0.29) is 17.5 Å². The van der Waals surface area contributed by atoms with Gasteiger partial charge in [0.1, 0.15) is 0 Å². The van der Waals surface area contributed by atoms with Crippen LogP contribution in [0.2, 0.25) is 0 Å². The van der Waals surface area contributed by atoms with Crippen molar-refractivity contribution in [3.63, 3.8) is 0 Å². The maximum atomic E-state index is 2.72. The molecule has 0 amide bonds. The lowest BCUT2D eigenvalue weighted by molar-refractivity contribution is 0.590. The number of rotatable bonds is 12. The van der Waals surface area contributed by atoms with E-state index in [4.69, 9.17) is 0 Å². The summed E-state index contributed by atoms with van der Waals surface area (Å²) in [5.41, 5.74) is 33.6. The van der Waals surface area contributed by atoms with Gasteiger partial charge in [-0.3, -0.25) is 0 Å². The first-order chi connectivity index (χ1) is 53.9. The van der Waals surface area contributed by atoms with E-state index in [9.17, 15) is 0 Å². The summed E-state index contributed by atoms with van der Waals surface area (Å²) in [6.45, 7) is 13.8. The highest BCUT2D eigenvalue weighted by atomic mass is 15.2. The Morgan fingerprint density at radius 2 is 0.564 bits per heavy atom. The molecule has 0 saturated heterocycles. The van der Waals surface area contributed by atoms with Gasteiger partial charge in [0.2, 0.25) is 0 Å². The van der Waals surface area contributed by atoms with E-state index in [1.165, 1.54) is 60.1 Å². The number of hydrogen-bond acceptors (Lipinski definition) is 3. The van der Waals surface area contributed by atoms with Gasteiger partial charge in [0.05, 0.1) is 39.1 Å². The Bertz CT molecular complexity index is 6360. The van der Waals surface area contributed by atoms with E-state index in [0.29, 0.717) is 0 Å². The van der Waals surface area contributed by atoms with E-state index in [2.05, 4.69) is 441 Å². The maximum absolute atomic E-state index is 2.72. The molecule has 18 aromatic rings. The van der Waals surface area contributed by atoms with Crippen LogP contribution in [-0.4, -0.2) is 15.8 Å². The standard InChI is InChI=1S/C104H80BN5/c1-103(2,3)75-62-86(70-35-15-8-16-36-70)101(87(63-75)71-37-17-9-18-38-71)109-96-61-74(69-33-13-7-14-34-69)53-59-90(96)105-91-60-58-80(106(77-43-23-12-24-44-77)78-54-56-79(57-55-78)107-92-49-29-25-45-82(92)83-46-26-30-50-93(83)107)66-97(91)110(99-68-81(67-98(109)100(99)105)108-94-51-31-27-47-84(94)85-48-28-32-52-95(85)108)102-88(72-39-19-10-20-40-72)64-76(104(4,5)6)65-89(102)73-41-21-11-22-42-73/h7-68H,1-6H3. The Labute approximate surface area is 644 Å². The number of nitrogens with zero attached hydrogens (tertiary/aromatic N) is 5. The molecule has 2 aliphatic rings. The fraction of sp³-hybridized carbons (Fsp3) is 0.0769. The zero-order valence-electron chi connectivity index (χ0n) is 62.6. The summed E-state index contributed by atoms with van der Waals surface area (Å²) in [5.74, 6) is 0. The number of hydrogen-bond donors (Lipinski definition) is 0. The van der Waals surface area contributed by atoms with Gasteiger partial charge < -0.3 is 23.8 Å². The second-order valence-electron chi connectivity index (χ2n) is 31.6. The predicted octanol–water partition coefficient (Wildman–Crippen LogP) is 26.4. The first-order valence-electron chi connectivity index (χ1n) is 38.5. The lowest BCUT2D eigenvalue weighted by atomic mass is 9.33. The molecule has 110 heavy (non-hydrogen) atoms. The summed E-state index contributed by atoms with van der Waals surface area (Å²) in [6.07, 6.45) is 0. The summed E-state index contributed by atoms with van der Waals surface area (Å²) >= 11 is 0. The van der Waals surface area contributed by atoms with Gasteiger partial charge in [-0.2, -0.15) is 0 Å². The maximum Gasteiger partial charge on any atom is 0.252 e. The summed E-state index contributed by atoms with van der Waals surface area (Å²) in [6, 6.07) is 141. The minimum atomic E-state index is -0.289. The monoisotopic (exact) mass is 1410 g/mol. The third-order valence-electron chi connectivity index (χ3n) is 22.9. The molecule has 0 N–H and O–H groups in total. The molecule has 0 radical (unpaired) electrons. The topological polar surface area (TPSA) is 19.6 Å². The highest BCUT2D eigenvalue weighted by molar-refractivity contribution is 7.00. The second-order valence-corrected chi connectivity index (χ2v) is 31.6. The summed E-state index contributed by atoms with van der Waals surface area (Å²) < 4.78 is 4.96. The van der Waals surface area contributed by atoms with Gasteiger partial charge in [0.25, 0.3) is 6.71 Å². The molecule has 524 valence electrons. The van der Waals surface area contributed by atoms with Gasteiger partial charge in [0, 0.05) is 89.3 Å². The van der Waals surface area contributed by atoms with Crippen molar-refractivity contribution < 1.29 is 0 Å². The number of benzene rings is 16. The quantitative estimate of drug-likeness (QED) is 0.114. The van der Waals surface area contributed by atoms with Crippen molar-refractivity contribution >= 4 is 118 Å². The Morgan fingerprint density at radius 1 is 0.245 bits per heavy atom. The first-order valence-corrected chi connectivity index (χ1v) is 38.5. The molecule has 0 fully saturated rings. The molecule has 2 aliphatic heterocycles. The van der Waals surface area contributed by atoms with Crippen molar-refractivity contribution in [3.8, 4) is 67.0 Å². The Kier molecular flexibility index (Phi) is 15.7. The van der Waals surface area contributed by atoms with Crippen LogP contribution in [-0.2, 0) is 10.8 Å². The molecule has 6 heteroatoms. The van der Waals surface area contributed by atoms with E-state index < -0.39 is 0 Å². The Hall–Kier alpha value is -13.4. The van der Waals surface area contributed by atoms with E-state index in [0.717, 1.165) is 129 Å². The zero-order valence-corrected chi connectivity index (χ0v) is 62.6. The molecule has 0 bridgehead atoms. The molecule has 0 saturated carbocycles. The molecule has 0 spiro atoms. The van der Waals surface area contributed by atoms with Gasteiger partial charge in [-0.1, -0.05) is 302 Å². The van der Waals surface area contributed by atoms with Crippen molar-refractivity contribution in [1.29, 1.82) is 0 Å². The van der Waals surface area contributed by atoms with Crippen molar-refractivity contribution in [1.82, 2.24) is 9.13 Å². The number of fused-ring (bicyclic) bond motifs is 10. The highest BCUT2D eigenvalue weighted by Crippen LogP contribution is 2.56.